The van der Waals surface area contributed by atoms with E-state index in [1.54, 1.807) is 30.8 Å². The Hall–Kier alpha value is -2.31. The maximum atomic E-state index is 11.6. The Kier molecular flexibility index (Phi) is 5.76. The lowest BCUT2D eigenvalue weighted by Gasteiger charge is -2.11. The van der Waals surface area contributed by atoms with Crippen LogP contribution >= 0.6 is 0 Å². The molecule has 20 heavy (non-hydrogen) atoms. The van der Waals surface area contributed by atoms with E-state index < -0.39 is 17.9 Å². The first-order chi connectivity index (χ1) is 9.49. The van der Waals surface area contributed by atoms with Crippen LogP contribution in [0.3, 0.4) is 0 Å². The lowest BCUT2D eigenvalue weighted by atomic mass is 10.0. The van der Waals surface area contributed by atoms with Gasteiger partial charge in [0.05, 0.1) is 6.61 Å². The summed E-state index contributed by atoms with van der Waals surface area (Å²) in [5.74, 6) is -2.73. The van der Waals surface area contributed by atoms with Crippen molar-refractivity contribution in [3.8, 4) is 0 Å². The highest BCUT2D eigenvalue weighted by Gasteiger charge is 2.29. The molecular weight excluding hydrogens is 262 g/mol. The van der Waals surface area contributed by atoms with Gasteiger partial charge in [0.2, 0.25) is 0 Å². The molecule has 0 spiro atoms. The van der Waals surface area contributed by atoms with Crippen molar-refractivity contribution in [2.75, 3.05) is 11.9 Å². The molecule has 0 amide bonds. The molecule has 0 fully saturated rings. The zero-order valence-electron chi connectivity index (χ0n) is 11.8. The molecule has 1 aromatic heterocycles. The maximum absolute atomic E-state index is 11.6. The highest BCUT2D eigenvalue weighted by Crippen LogP contribution is 2.14. The van der Waals surface area contributed by atoms with Gasteiger partial charge in [0, 0.05) is 25.0 Å². The molecule has 0 aliphatic carbocycles. The van der Waals surface area contributed by atoms with Crippen LogP contribution in [0.5, 0.6) is 0 Å². The van der Waals surface area contributed by atoms with Gasteiger partial charge in [-0.05, 0) is 26.3 Å². The van der Waals surface area contributed by atoms with Crippen molar-refractivity contribution in [2.45, 2.75) is 27.3 Å². The molecule has 1 unspecified atom stereocenters. The number of carboxylic acid groups (broad SMARTS) is 1. The number of esters is 1. The van der Waals surface area contributed by atoms with Crippen LogP contribution in [-0.4, -0.2) is 33.4 Å². The Morgan fingerprint density at radius 2 is 2.25 bits per heavy atom. The minimum absolute atomic E-state index is 0.143. The molecule has 1 heterocycles. The van der Waals surface area contributed by atoms with Crippen LogP contribution in [0, 0.1) is 5.92 Å². The summed E-state index contributed by atoms with van der Waals surface area (Å²) in [7, 11) is 0. The molecule has 110 valence electrons. The average molecular weight is 281 g/mol. The SMILES string of the molecule is CCOC(=O)C(C(=O)O)C(C)=CNc1ccn(CC)n1. The van der Waals surface area contributed by atoms with Gasteiger partial charge in [0.25, 0.3) is 0 Å². The third-order valence-electron chi connectivity index (χ3n) is 2.64. The normalized spacial score (nSPS) is 12.8. The van der Waals surface area contributed by atoms with Crippen LogP contribution in [0.2, 0.25) is 0 Å². The number of nitrogens with zero attached hydrogens (tertiary/aromatic N) is 2. The van der Waals surface area contributed by atoms with Gasteiger partial charge >= 0.3 is 11.9 Å². The summed E-state index contributed by atoms with van der Waals surface area (Å²) < 4.78 is 6.48. The number of rotatable bonds is 7. The lowest BCUT2D eigenvalue weighted by molar-refractivity contribution is -0.156. The highest BCUT2D eigenvalue weighted by atomic mass is 16.5. The van der Waals surface area contributed by atoms with E-state index in [0.29, 0.717) is 11.4 Å². The van der Waals surface area contributed by atoms with Gasteiger partial charge in [0.1, 0.15) is 0 Å². The minimum Gasteiger partial charge on any atom is -0.480 e. The van der Waals surface area contributed by atoms with Crippen molar-refractivity contribution in [3.05, 3.63) is 24.0 Å². The number of carbonyl (C=O) groups is 2. The van der Waals surface area contributed by atoms with Crippen LogP contribution in [0.15, 0.2) is 24.0 Å². The second-order valence-corrected chi connectivity index (χ2v) is 4.11. The summed E-state index contributed by atoms with van der Waals surface area (Å²) >= 11 is 0. The smallest absolute Gasteiger partial charge is 0.324 e. The number of nitrogens with one attached hydrogen (secondary N) is 1. The van der Waals surface area contributed by atoms with E-state index in [0.717, 1.165) is 6.54 Å². The van der Waals surface area contributed by atoms with Crippen LogP contribution in [0.4, 0.5) is 5.82 Å². The first-order valence-corrected chi connectivity index (χ1v) is 6.35. The number of carbonyl (C=O) groups excluding carboxylic acids is 1. The molecule has 7 heteroatoms. The van der Waals surface area contributed by atoms with Crippen LogP contribution in [0.1, 0.15) is 20.8 Å². The van der Waals surface area contributed by atoms with Crippen molar-refractivity contribution in [1.29, 1.82) is 0 Å². The fourth-order valence-corrected chi connectivity index (χ4v) is 1.59. The molecule has 0 aromatic carbocycles. The summed E-state index contributed by atoms with van der Waals surface area (Å²) in [6.07, 6.45) is 3.25. The van der Waals surface area contributed by atoms with E-state index in [2.05, 4.69) is 10.4 Å². The number of hydrogen-bond acceptors (Lipinski definition) is 5. The van der Waals surface area contributed by atoms with Crippen molar-refractivity contribution in [1.82, 2.24) is 9.78 Å². The third kappa shape index (κ3) is 4.11. The summed E-state index contributed by atoms with van der Waals surface area (Å²) in [6.45, 7) is 6.03. The fraction of sp³-hybridized carbons (Fsp3) is 0.462. The average Bonchev–Trinajstić information content (AvgIpc) is 2.84. The Morgan fingerprint density at radius 1 is 1.55 bits per heavy atom. The third-order valence-corrected chi connectivity index (χ3v) is 2.64. The number of aromatic nitrogens is 2. The predicted molar refractivity (Wildman–Crippen MR) is 73.0 cm³/mol. The van der Waals surface area contributed by atoms with Gasteiger partial charge in [-0.25, -0.2) is 0 Å². The van der Waals surface area contributed by atoms with Gasteiger partial charge in [-0.2, -0.15) is 5.10 Å². The number of ether oxygens (including phenoxy) is 1. The number of hydrogen-bond donors (Lipinski definition) is 2. The first-order valence-electron chi connectivity index (χ1n) is 6.35. The van der Waals surface area contributed by atoms with Gasteiger partial charge < -0.3 is 15.2 Å². The minimum atomic E-state index is -1.31. The molecule has 0 radical (unpaired) electrons. The molecule has 0 saturated carbocycles. The standard InChI is InChI=1S/C13H19N3O4/c1-4-16-7-6-10(15-16)14-8-9(3)11(12(17)18)13(19)20-5-2/h6-8,11H,4-5H2,1-3H3,(H,14,15)(H,17,18). The van der Waals surface area contributed by atoms with Gasteiger partial charge in [-0.1, -0.05) is 0 Å². The van der Waals surface area contributed by atoms with E-state index >= 15 is 0 Å². The highest BCUT2D eigenvalue weighted by molar-refractivity contribution is 5.97. The maximum Gasteiger partial charge on any atom is 0.324 e. The summed E-state index contributed by atoms with van der Waals surface area (Å²) in [5.41, 5.74) is 0.349. The van der Waals surface area contributed by atoms with Gasteiger partial charge in [-0.15, -0.1) is 0 Å². The Bertz CT molecular complexity index is 507. The number of aryl methyl sites for hydroxylation is 1. The Balaban J connectivity index is 2.78. The van der Waals surface area contributed by atoms with Crippen LogP contribution < -0.4 is 5.32 Å². The molecule has 0 aliphatic rings. The van der Waals surface area contributed by atoms with E-state index in [1.807, 2.05) is 6.92 Å². The van der Waals surface area contributed by atoms with Crippen LogP contribution in [-0.2, 0) is 20.9 Å². The first kappa shape index (κ1) is 15.7. The topological polar surface area (TPSA) is 93.5 Å². The van der Waals surface area contributed by atoms with E-state index in [-0.39, 0.29) is 6.61 Å². The number of carboxylic acids is 1. The summed E-state index contributed by atoms with van der Waals surface area (Å²) in [6, 6.07) is 1.76. The fourth-order valence-electron chi connectivity index (χ4n) is 1.59. The zero-order valence-corrected chi connectivity index (χ0v) is 11.8. The van der Waals surface area contributed by atoms with Crippen molar-refractivity contribution in [2.24, 2.45) is 5.92 Å². The molecule has 1 atom stereocenters. The van der Waals surface area contributed by atoms with Gasteiger partial charge in [-0.3, -0.25) is 14.3 Å². The molecule has 0 saturated heterocycles. The van der Waals surface area contributed by atoms with Crippen LogP contribution in [0.25, 0.3) is 0 Å². The monoisotopic (exact) mass is 281 g/mol. The number of anilines is 1. The second kappa shape index (κ2) is 7.32. The second-order valence-electron chi connectivity index (χ2n) is 4.11. The Labute approximate surface area is 117 Å². The lowest BCUT2D eigenvalue weighted by Crippen LogP contribution is -2.27. The largest absolute Gasteiger partial charge is 0.480 e. The zero-order chi connectivity index (χ0) is 15.1. The molecule has 1 rings (SSSR count). The molecule has 1 aromatic rings. The molecule has 0 aliphatic heterocycles. The van der Waals surface area contributed by atoms with Crippen molar-refractivity contribution < 1.29 is 19.4 Å². The quantitative estimate of drug-likeness (QED) is 0.581. The molecule has 2 N–H and O–H groups in total. The molecule has 0 bridgehead atoms. The molecule has 7 nitrogen and oxygen atoms in total. The Morgan fingerprint density at radius 3 is 2.75 bits per heavy atom. The van der Waals surface area contributed by atoms with Crippen molar-refractivity contribution in [3.63, 3.8) is 0 Å². The summed E-state index contributed by atoms with van der Waals surface area (Å²) in [5, 5.41) is 16.1. The summed E-state index contributed by atoms with van der Waals surface area (Å²) in [4.78, 5) is 22.7. The number of aliphatic carboxylic acids is 1. The predicted octanol–water partition coefficient (Wildman–Crippen LogP) is 1.48. The van der Waals surface area contributed by atoms with Gasteiger partial charge in [0.15, 0.2) is 11.7 Å². The molecular formula is C13H19N3O4. The van der Waals surface area contributed by atoms with E-state index in [9.17, 15) is 9.59 Å². The van der Waals surface area contributed by atoms with Crippen molar-refractivity contribution >= 4 is 17.8 Å². The van der Waals surface area contributed by atoms with E-state index in [4.69, 9.17) is 9.84 Å². The van der Waals surface area contributed by atoms with E-state index in [1.165, 1.54) is 6.20 Å².